The van der Waals surface area contributed by atoms with Gasteiger partial charge in [-0.2, -0.15) is 0 Å². The fourth-order valence-corrected chi connectivity index (χ4v) is 2.43. The van der Waals surface area contributed by atoms with Gasteiger partial charge < -0.3 is 10.5 Å². The number of nitrogens with two attached hydrogens (primary N) is 1. The number of nitrogens with zero attached hydrogens (tertiary/aromatic N) is 4. The van der Waals surface area contributed by atoms with E-state index in [9.17, 15) is 0 Å². The summed E-state index contributed by atoms with van der Waals surface area (Å²) in [6.07, 6.45) is 2.54. The predicted molar refractivity (Wildman–Crippen MR) is 81.2 cm³/mol. The van der Waals surface area contributed by atoms with Crippen LogP contribution in [0.4, 0.5) is 5.69 Å². The van der Waals surface area contributed by atoms with Crippen LogP contribution < -0.4 is 5.73 Å². The van der Waals surface area contributed by atoms with Gasteiger partial charge in [0.05, 0.1) is 23.2 Å². The fourth-order valence-electron chi connectivity index (χ4n) is 2.01. The molecule has 2 N–H and O–H groups in total. The number of tetrazole rings is 1. The van der Waals surface area contributed by atoms with Crippen LogP contribution in [0.5, 0.6) is 0 Å². The molecule has 0 aliphatic heterocycles. The van der Waals surface area contributed by atoms with Gasteiger partial charge in [-0.25, -0.2) is 4.68 Å². The number of benzene rings is 1. The van der Waals surface area contributed by atoms with Crippen molar-refractivity contribution in [3.05, 3.63) is 22.2 Å². The van der Waals surface area contributed by atoms with Crippen LogP contribution in [-0.4, -0.2) is 33.4 Å². The van der Waals surface area contributed by atoms with Crippen LogP contribution in [0.2, 0.25) is 10.0 Å². The van der Waals surface area contributed by atoms with E-state index in [1.54, 1.807) is 16.8 Å². The van der Waals surface area contributed by atoms with Gasteiger partial charge in [0.2, 0.25) is 0 Å². The van der Waals surface area contributed by atoms with Crippen molar-refractivity contribution < 1.29 is 4.74 Å². The molecule has 6 nitrogen and oxygen atoms in total. The summed E-state index contributed by atoms with van der Waals surface area (Å²) in [7, 11) is 0. The first-order valence-corrected chi connectivity index (χ1v) is 7.49. The highest BCUT2D eigenvalue weighted by Crippen LogP contribution is 2.34. The van der Waals surface area contributed by atoms with E-state index in [2.05, 4.69) is 15.5 Å². The molecule has 2 aromatic rings. The number of rotatable bonds is 6. The number of ether oxygens (including phenoxy) is 1. The van der Waals surface area contributed by atoms with E-state index in [1.165, 1.54) is 12.8 Å². The van der Waals surface area contributed by atoms with E-state index in [1.807, 2.05) is 0 Å². The van der Waals surface area contributed by atoms with Crippen LogP contribution in [-0.2, 0) is 11.3 Å². The Morgan fingerprint density at radius 1 is 1.33 bits per heavy atom. The quantitative estimate of drug-likeness (QED) is 0.651. The summed E-state index contributed by atoms with van der Waals surface area (Å²) < 4.78 is 7.24. The average Bonchev–Trinajstić information content (AvgIpc) is 3.16. The summed E-state index contributed by atoms with van der Waals surface area (Å²) in [6, 6.07) is 3.31. The van der Waals surface area contributed by atoms with Gasteiger partial charge in [0.25, 0.3) is 0 Å². The number of nitrogen functional groups attached to an aromatic ring is 1. The number of hydrogen-bond donors (Lipinski definition) is 1. The predicted octanol–water partition coefficient (Wildman–Crippen LogP) is 2.66. The summed E-state index contributed by atoms with van der Waals surface area (Å²) in [5.74, 6) is 1.27. The van der Waals surface area contributed by atoms with Gasteiger partial charge in [-0.3, -0.25) is 0 Å². The lowest BCUT2D eigenvalue weighted by Crippen LogP contribution is -2.10. The van der Waals surface area contributed by atoms with Crippen molar-refractivity contribution in [2.75, 3.05) is 18.9 Å². The van der Waals surface area contributed by atoms with Crippen molar-refractivity contribution in [1.82, 2.24) is 20.2 Å². The minimum Gasteiger partial charge on any atom is -0.399 e. The molecular formula is C13H15Cl2N5O. The summed E-state index contributed by atoms with van der Waals surface area (Å²) in [4.78, 5) is 0. The third kappa shape index (κ3) is 3.45. The van der Waals surface area contributed by atoms with Gasteiger partial charge in [0, 0.05) is 17.9 Å². The summed E-state index contributed by atoms with van der Waals surface area (Å²) in [6.45, 7) is 1.92. The third-order valence-corrected chi connectivity index (χ3v) is 4.12. The lowest BCUT2D eigenvalue weighted by molar-refractivity contribution is 0.114. The van der Waals surface area contributed by atoms with Crippen molar-refractivity contribution in [1.29, 1.82) is 0 Å². The SMILES string of the molecule is Nc1cc(Cl)c(Cl)c(-c2nnnn2CCOCC2CC2)c1. The first kappa shape index (κ1) is 14.6. The number of hydrogen-bond acceptors (Lipinski definition) is 5. The van der Waals surface area contributed by atoms with Gasteiger partial charge in [-0.05, 0) is 41.3 Å². The largest absolute Gasteiger partial charge is 0.399 e. The minimum absolute atomic E-state index is 0.381. The lowest BCUT2D eigenvalue weighted by atomic mass is 10.2. The smallest absolute Gasteiger partial charge is 0.183 e. The molecule has 112 valence electrons. The molecule has 1 aromatic heterocycles. The van der Waals surface area contributed by atoms with Crippen molar-refractivity contribution in [3.8, 4) is 11.4 Å². The monoisotopic (exact) mass is 327 g/mol. The topological polar surface area (TPSA) is 78.9 Å². The lowest BCUT2D eigenvalue weighted by Gasteiger charge is -2.08. The molecule has 0 radical (unpaired) electrons. The van der Waals surface area contributed by atoms with Gasteiger partial charge >= 0.3 is 0 Å². The Bertz CT molecular complexity index is 641. The Labute approximate surface area is 132 Å². The zero-order chi connectivity index (χ0) is 14.8. The number of halogens is 2. The van der Waals surface area contributed by atoms with E-state index < -0.39 is 0 Å². The van der Waals surface area contributed by atoms with E-state index in [0.717, 1.165) is 12.5 Å². The van der Waals surface area contributed by atoms with E-state index >= 15 is 0 Å². The molecule has 3 rings (SSSR count). The molecule has 1 aromatic carbocycles. The molecule has 0 spiro atoms. The molecule has 1 saturated carbocycles. The van der Waals surface area contributed by atoms with Crippen LogP contribution in [0.15, 0.2) is 12.1 Å². The second kappa shape index (κ2) is 6.17. The van der Waals surface area contributed by atoms with Crippen molar-refractivity contribution in [2.45, 2.75) is 19.4 Å². The Morgan fingerprint density at radius 3 is 2.90 bits per heavy atom. The first-order valence-electron chi connectivity index (χ1n) is 6.74. The van der Waals surface area contributed by atoms with Crippen LogP contribution in [0.25, 0.3) is 11.4 Å². The molecule has 1 heterocycles. The van der Waals surface area contributed by atoms with Gasteiger partial charge in [0.1, 0.15) is 0 Å². The fraction of sp³-hybridized carbons (Fsp3) is 0.462. The standard InChI is InChI=1S/C13H15Cl2N5O/c14-11-6-9(16)5-10(12(11)15)13-17-18-19-20(13)3-4-21-7-8-1-2-8/h5-6,8H,1-4,7,16H2. The molecule has 0 bridgehead atoms. The molecule has 0 atom stereocenters. The first-order chi connectivity index (χ1) is 10.1. The second-order valence-corrected chi connectivity index (χ2v) is 5.89. The molecule has 0 amide bonds. The Hall–Kier alpha value is -1.37. The van der Waals surface area contributed by atoms with E-state index in [4.69, 9.17) is 33.7 Å². The zero-order valence-electron chi connectivity index (χ0n) is 11.3. The van der Waals surface area contributed by atoms with Gasteiger partial charge in [0.15, 0.2) is 5.82 Å². The summed E-state index contributed by atoms with van der Waals surface area (Å²) in [5.41, 5.74) is 6.93. The highest BCUT2D eigenvalue weighted by atomic mass is 35.5. The average molecular weight is 328 g/mol. The van der Waals surface area contributed by atoms with Crippen LogP contribution in [0, 0.1) is 5.92 Å². The molecule has 1 aliphatic carbocycles. The number of anilines is 1. The van der Waals surface area contributed by atoms with Crippen molar-refractivity contribution in [3.63, 3.8) is 0 Å². The Balaban J connectivity index is 1.74. The molecule has 8 heteroatoms. The highest BCUT2D eigenvalue weighted by molar-refractivity contribution is 6.43. The molecule has 21 heavy (non-hydrogen) atoms. The van der Waals surface area contributed by atoms with Crippen LogP contribution in [0.1, 0.15) is 12.8 Å². The van der Waals surface area contributed by atoms with Crippen LogP contribution >= 0.6 is 23.2 Å². The summed E-state index contributed by atoms with van der Waals surface area (Å²) >= 11 is 12.3. The molecular weight excluding hydrogens is 313 g/mol. The van der Waals surface area contributed by atoms with E-state index in [-0.39, 0.29) is 0 Å². The van der Waals surface area contributed by atoms with Gasteiger partial charge in [-0.1, -0.05) is 23.2 Å². The third-order valence-electron chi connectivity index (χ3n) is 3.32. The highest BCUT2D eigenvalue weighted by Gasteiger charge is 2.21. The van der Waals surface area contributed by atoms with Crippen molar-refractivity contribution >= 4 is 28.9 Å². The second-order valence-electron chi connectivity index (χ2n) is 5.11. The maximum absolute atomic E-state index is 6.21. The Kier molecular flexibility index (Phi) is 4.28. The zero-order valence-corrected chi connectivity index (χ0v) is 12.8. The van der Waals surface area contributed by atoms with Crippen molar-refractivity contribution in [2.24, 2.45) is 5.92 Å². The number of aromatic nitrogens is 4. The normalized spacial score (nSPS) is 14.6. The minimum atomic E-state index is 0.381. The molecule has 0 saturated heterocycles. The van der Waals surface area contributed by atoms with Crippen LogP contribution in [0.3, 0.4) is 0 Å². The maximum Gasteiger partial charge on any atom is 0.183 e. The molecule has 1 aliphatic rings. The van der Waals surface area contributed by atoms with Gasteiger partial charge in [-0.15, -0.1) is 5.10 Å². The molecule has 1 fully saturated rings. The maximum atomic E-state index is 6.21. The van der Waals surface area contributed by atoms with E-state index in [0.29, 0.717) is 40.3 Å². The Morgan fingerprint density at radius 2 is 2.14 bits per heavy atom. The molecule has 0 unspecified atom stereocenters. The summed E-state index contributed by atoms with van der Waals surface area (Å²) in [5, 5.41) is 12.4.